The van der Waals surface area contributed by atoms with Crippen LogP contribution in [-0.4, -0.2) is 29.6 Å². The van der Waals surface area contributed by atoms with Gasteiger partial charge in [0.15, 0.2) is 0 Å². The van der Waals surface area contributed by atoms with Crippen molar-refractivity contribution < 1.29 is 19.0 Å². The van der Waals surface area contributed by atoms with Gasteiger partial charge in [-0.05, 0) is 24.3 Å². The van der Waals surface area contributed by atoms with Gasteiger partial charge in [-0.2, -0.15) is 0 Å². The molecule has 2 rings (SSSR count). The van der Waals surface area contributed by atoms with Gasteiger partial charge in [-0.25, -0.2) is 9.38 Å². The molecule has 1 atom stereocenters. The topological polar surface area (TPSA) is 58.9 Å². The Morgan fingerprint density at radius 3 is 2.81 bits per heavy atom. The van der Waals surface area contributed by atoms with Gasteiger partial charge < -0.3 is 9.84 Å². The number of ether oxygens (including phenoxy) is 1. The number of benzene rings is 1. The van der Waals surface area contributed by atoms with E-state index in [9.17, 15) is 9.18 Å². The van der Waals surface area contributed by atoms with E-state index in [2.05, 4.69) is 4.99 Å². The normalized spacial score (nSPS) is 19.1. The second-order valence-electron chi connectivity index (χ2n) is 3.50. The number of nitrogens with zero attached hydrogens (tertiary/aromatic N) is 1. The Balaban J connectivity index is 2.11. The number of carboxylic acid groups (broad SMARTS) is 1. The highest BCUT2D eigenvalue weighted by Crippen LogP contribution is 2.14. The number of carbonyl (C=O) groups is 1. The van der Waals surface area contributed by atoms with Crippen molar-refractivity contribution in [3.63, 3.8) is 0 Å². The van der Waals surface area contributed by atoms with E-state index in [4.69, 9.17) is 9.84 Å². The van der Waals surface area contributed by atoms with Crippen molar-refractivity contribution in [2.45, 2.75) is 12.5 Å². The lowest BCUT2D eigenvalue weighted by Crippen LogP contribution is -2.12. The van der Waals surface area contributed by atoms with Crippen LogP contribution < -0.4 is 0 Å². The number of aliphatic carboxylic acids is 1. The van der Waals surface area contributed by atoms with Crippen molar-refractivity contribution in [3.05, 3.63) is 35.6 Å². The second kappa shape index (κ2) is 4.30. The molecule has 0 aliphatic carbocycles. The largest absolute Gasteiger partial charge is 0.481 e. The van der Waals surface area contributed by atoms with Crippen molar-refractivity contribution in [3.8, 4) is 0 Å². The van der Waals surface area contributed by atoms with Crippen molar-refractivity contribution in [2.24, 2.45) is 4.99 Å². The quantitative estimate of drug-likeness (QED) is 0.843. The van der Waals surface area contributed by atoms with Crippen LogP contribution in [0.4, 0.5) is 4.39 Å². The molecule has 0 aromatic heterocycles. The van der Waals surface area contributed by atoms with Gasteiger partial charge in [0.25, 0.3) is 0 Å². The fraction of sp³-hybridized carbons (Fsp3) is 0.273. The molecular weight excluding hydrogens is 213 g/mol. The maximum absolute atomic E-state index is 12.7. The van der Waals surface area contributed by atoms with Crippen LogP contribution in [0.15, 0.2) is 29.3 Å². The van der Waals surface area contributed by atoms with Crippen molar-refractivity contribution in [2.75, 3.05) is 6.61 Å². The van der Waals surface area contributed by atoms with E-state index < -0.39 is 5.97 Å². The van der Waals surface area contributed by atoms with Crippen LogP contribution in [0.1, 0.15) is 12.0 Å². The molecule has 84 valence electrons. The van der Waals surface area contributed by atoms with E-state index in [0.29, 0.717) is 11.5 Å². The van der Waals surface area contributed by atoms with E-state index >= 15 is 0 Å². The standard InChI is InChI=1S/C11H10FNO3/c12-8-3-1-7(2-4-8)11-13-9(6-16-11)5-10(14)15/h1-4,9H,5-6H2,(H,14,15). The number of halogens is 1. The van der Waals surface area contributed by atoms with Gasteiger partial charge in [0, 0.05) is 5.56 Å². The molecule has 1 aliphatic rings. The maximum atomic E-state index is 12.7. The summed E-state index contributed by atoms with van der Waals surface area (Å²) in [7, 11) is 0. The smallest absolute Gasteiger partial charge is 0.305 e. The Morgan fingerprint density at radius 2 is 2.19 bits per heavy atom. The Morgan fingerprint density at radius 1 is 1.50 bits per heavy atom. The molecule has 0 spiro atoms. The highest BCUT2D eigenvalue weighted by atomic mass is 19.1. The lowest BCUT2D eigenvalue weighted by atomic mass is 10.2. The first-order valence-electron chi connectivity index (χ1n) is 4.83. The third-order valence-corrected chi connectivity index (χ3v) is 2.21. The molecule has 1 aromatic rings. The van der Waals surface area contributed by atoms with E-state index in [1.807, 2.05) is 0 Å². The van der Waals surface area contributed by atoms with E-state index in [1.165, 1.54) is 12.1 Å². The molecule has 0 amide bonds. The molecule has 0 saturated carbocycles. The maximum Gasteiger partial charge on any atom is 0.305 e. The molecule has 4 nitrogen and oxygen atoms in total. The molecule has 0 bridgehead atoms. The van der Waals surface area contributed by atoms with Gasteiger partial charge in [-0.15, -0.1) is 0 Å². The molecule has 1 unspecified atom stereocenters. The van der Waals surface area contributed by atoms with Gasteiger partial charge >= 0.3 is 5.97 Å². The first-order chi connectivity index (χ1) is 7.65. The van der Waals surface area contributed by atoms with Crippen LogP contribution in [0.3, 0.4) is 0 Å². The summed E-state index contributed by atoms with van der Waals surface area (Å²) in [5.74, 6) is -0.853. The first-order valence-corrected chi connectivity index (χ1v) is 4.83. The molecular formula is C11H10FNO3. The minimum Gasteiger partial charge on any atom is -0.481 e. The highest BCUT2D eigenvalue weighted by molar-refractivity contribution is 5.95. The predicted octanol–water partition coefficient (Wildman–Crippen LogP) is 1.45. The van der Waals surface area contributed by atoms with Crippen LogP contribution in [0.25, 0.3) is 0 Å². The van der Waals surface area contributed by atoms with Crippen LogP contribution in [0, 0.1) is 5.82 Å². The Kier molecular flexibility index (Phi) is 2.85. The third kappa shape index (κ3) is 2.36. The molecule has 0 fully saturated rings. The SMILES string of the molecule is O=C(O)CC1COC(c2ccc(F)cc2)=N1. The summed E-state index contributed by atoms with van der Waals surface area (Å²) in [4.78, 5) is 14.6. The van der Waals surface area contributed by atoms with Crippen LogP contribution >= 0.6 is 0 Å². The van der Waals surface area contributed by atoms with Gasteiger partial charge in [0.1, 0.15) is 12.4 Å². The number of carboxylic acids is 1. The fourth-order valence-corrected chi connectivity index (χ4v) is 1.47. The number of aliphatic imine (C=N–C) groups is 1. The monoisotopic (exact) mass is 223 g/mol. The van der Waals surface area contributed by atoms with Gasteiger partial charge in [0.2, 0.25) is 5.90 Å². The van der Waals surface area contributed by atoms with Crippen molar-refractivity contribution >= 4 is 11.9 Å². The number of hydrogen-bond donors (Lipinski definition) is 1. The summed E-state index contributed by atoms with van der Waals surface area (Å²) in [6.07, 6.45) is -0.0509. The molecule has 1 heterocycles. The molecule has 0 saturated heterocycles. The first kappa shape index (κ1) is 10.6. The molecule has 1 aliphatic heterocycles. The highest BCUT2D eigenvalue weighted by Gasteiger charge is 2.22. The Bertz CT molecular complexity index is 427. The summed E-state index contributed by atoms with van der Waals surface area (Å²) in [5.41, 5.74) is 0.661. The predicted molar refractivity (Wildman–Crippen MR) is 54.9 cm³/mol. The number of hydrogen-bond acceptors (Lipinski definition) is 3. The average molecular weight is 223 g/mol. The zero-order valence-corrected chi connectivity index (χ0v) is 8.39. The fourth-order valence-electron chi connectivity index (χ4n) is 1.47. The Hall–Kier alpha value is -1.91. The summed E-state index contributed by atoms with van der Waals surface area (Å²) in [6, 6.07) is 5.38. The molecule has 0 radical (unpaired) electrons. The summed E-state index contributed by atoms with van der Waals surface area (Å²) < 4.78 is 17.9. The van der Waals surface area contributed by atoms with E-state index in [1.54, 1.807) is 12.1 Å². The van der Waals surface area contributed by atoms with Gasteiger partial charge in [-0.3, -0.25) is 4.79 Å². The third-order valence-electron chi connectivity index (χ3n) is 2.21. The lowest BCUT2D eigenvalue weighted by molar-refractivity contribution is -0.137. The van der Waals surface area contributed by atoms with E-state index in [-0.39, 0.29) is 24.9 Å². The Labute approximate surface area is 91.4 Å². The van der Waals surface area contributed by atoms with Crippen LogP contribution in [-0.2, 0) is 9.53 Å². The van der Waals surface area contributed by atoms with Crippen molar-refractivity contribution in [1.29, 1.82) is 0 Å². The lowest BCUT2D eigenvalue weighted by Gasteiger charge is -2.00. The van der Waals surface area contributed by atoms with Crippen LogP contribution in [0.5, 0.6) is 0 Å². The van der Waals surface area contributed by atoms with Crippen molar-refractivity contribution in [1.82, 2.24) is 0 Å². The molecule has 1 N–H and O–H groups in total. The minimum atomic E-state index is -0.905. The second-order valence-corrected chi connectivity index (χ2v) is 3.50. The van der Waals surface area contributed by atoms with E-state index in [0.717, 1.165) is 0 Å². The average Bonchev–Trinajstić information content (AvgIpc) is 2.66. The zero-order valence-electron chi connectivity index (χ0n) is 8.39. The van der Waals surface area contributed by atoms with Gasteiger partial charge in [0.05, 0.1) is 12.5 Å². The molecule has 1 aromatic carbocycles. The minimum absolute atomic E-state index is 0.0509. The summed E-state index contributed by atoms with van der Waals surface area (Å²) in [6.45, 7) is 0.263. The summed E-state index contributed by atoms with van der Waals surface area (Å²) in [5, 5.41) is 8.59. The zero-order chi connectivity index (χ0) is 11.5. The molecule has 5 heteroatoms. The molecule has 16 heavy (non-hydrogen) atoms. The summed E-state index contributed by atoms with van der Waals surface area (Å²) >= 11 is 0. The van der Waals surface area contributed by atoms with Gasteiger partial charge in [-0.1, -0.05) is 0 Å². The van der Waals surface area contributed by atoms with Crippen LogP contribution in [0.2, 0.25) is 0 Å². The number of rotatable bonds is 3.